The SMILES string of the molecule is CC(C)O.CC(C)O.CCOCC(=O)CC(=O)[O-].CCOCC(=O)CC(=O)[O-].[Ti+2]. The van der Waals surface area contributed by atoms with Gasteiger partial charge in [-0.05, 0) is 41.5 Å². The fourth-order valence-electron chi connectivity index (χ4n) is 0.856. The third kappa shape index (κ3) is 75.2. The van der Waals surface area contributed by atoms with E-state index in [1.807, 2.05) is 0 Å². The average Bonchev–Trinajstić information content (AvgIpc) is 2.49. The van der Waals surface area contributed by atoms with Gasteiger partial charge in [-0.1, -0.05) is 0 Å². The number of carbonyl (C=O) groups excluding carboxylic acids is 4. The smallest absolute Gasteiger partial charge is 0.550 e. The van der Waals surface area contributed by atoms with Gasteiger partial charge in [0.2, 0.25) is 0 Å². The topological polar surface area (TPSA) is 173 Å². The number of carboxylic acids is 2. The summed E-state index contributed by atoms with van der Waals surface area (Å²) in [5.74, 6) is -3.63. The third-order valence-corrected chi connectivity index (χ3v) is 1.62. The second-order valence-electron chi connectivity index (χ2n) is 5.64. The number of hydrogen-bond acceptors (Lipinski definition) is 10. The standard InChI is InChI=1S/2C6H10O4.2C3H8O.Ti/c2*1-2-10-4-5(7)3-6(8)9;2*1-3(2)4;/h2*2-4H2,1H3,(H,8,9);2*3-4H,1-2H3;/q;;;;+2/p-2. The van der Waals surface area contributed by atoms with E-state index in [4.69, 9.17) is 10.2 Å². The second kappa shape index (κ2) is 29.0. The summed E-state index contributed by atoms with van der Waals surface area (Å²) in [5, 5.41) is 35.7. The normalized spacial score (nSPS) is 8.90. The van der Waals surface area contributed by atoms with Crippen LogP contribution in [-0.2, 0) is 50.4 Å². The Morgan fingerprint density at radius 1 is 0.724 bits per heavy atom. The molecule has 0 rings (SSSR count). The van der Waals surface area contributed by atoms with Crippen LogP contribution in [-0.4, -0.2) is 72.4 Å². The number of ether oxygens (including phenoxy) is 2. The molecule has 0 radical (unpaired) electrons. The van der Waals surface area contributed by atoms with Crippen molar-refractivity contribution in [3.05, 3.63) is 0 Å². The molecule has 0 aliphatic carbocycles. The first-order chi connectivity index (χ1) is 12.8. The van der Waals surface area contributed by atoms with Crippen molar-refractivity contribution < 1.29 is 70.8 Å². The minimum Gasteiger partial charge on any atom is -0.550 e. The van der Waals surface area contributed by atoms with Crippen molar-refractivity contribution in [1.29, 1.82) is 0 Å². The summed E-state index contributed by atoms with van der Waals surface area (Å²) in [4.78, 5) is 40.5. The maximum atomic E-state index is 10.5. The molecule has 0 bridgehead atoms. The largest absolute Gasteiger partial charge is 2.00 e. The van der Waals surface area contributed by atoms with Gasteiger partial charge in [0, 0.05) is 50.2 Å². The van der Waals surface area contributed by atoms with Crippen LogP contribution in [0.5, 0.6) is 0 Å². The molecular weight excluding hydrogens is 424 g/mol. The Morgan fingerprint density at radius 3 is 1.07 bits per heavy atom. The number of rotatable bonds is 10. The molecule has 0 aliphatic rings. The molecule has 0 aliphatic heterocycles. The Kier molecular flexibility index (Phi) is 38.5. The summed E-state index contributed by atoms with van der Waals surface area (Å²) in [6.07, 6.45) is -1.44. The molecule has 0 atom stereocenters. The molecule has 0 saturated heterocycles. The van der Waals surface area contributed by atoms with Gasteiger partial charge in [-0.25, -0.2) is 0 Å². The number of aliphatic hydroxyl groups is 2. The van der Waals surface area contributed by atoms with Crippen LogP contribution in [0.15, 0.2) is 0 Å². The zero-order valence-corrected chi connectivity index (χ0v) is 19.6. The van der Waals surface area contributed by atoms with E-state index in [1.165, 1.54) is 0 Å². The summed E-state index contributed by atoms with van der Waals surface area (Å²) in [6, 6.07) is 0. The number of carboxylic acid groups (broad SMARTS) is 2. The average molecular weight is 458 g/mol. The summed E-state index contributed by atoms with van der Waals surface area (Å²) < 4.78 is 9.31. The zero-order chi connectivity index (χ0) is 23.1. The van der Waals surface area contributed by atoms with Crippen LogP contribution < -0.4 is 10.2 Å². The summed E-state index contributed by atoms with van der Waals surface area (Å²) in [5.41, 5.74) is 0. The predicted octanol–water partition coefficient (Wildman–Crippen LogP) is -1.76. The Hall–Kier alpha value is -1.17. The molecule has 0 unspecified atom stereocenters. The third-order valence-electron chi connectivity index (χ3n) is 1.62. The van der Waals surface area contributed by atoms with Crippen molar-refractivity contribution in [3.63, 3.8) is 0 Å². The fraction of sp³-hybridized carbons (Fsp3) is 0.778. The Morgan fingerprint density at radius 2 is 0.931 bits per heavy atom. The van der Waals surface area contributed by atoms with Gasteiger partial charge in [0.05, 0.1) is 0 Å². The van der Waals surface area contributed by atoms with Crippen LogP contribution in [0.25, 0.3) is 0 Å². The Bertz CT molecular complexity index is 368. The van der Waals surface area contributed by atoms with Crippen LogP contribution in [0, 0.1) is 0 Å². The zero-order valence-electron chi connectivity index (χ0n) is 18.1. The fourth-order valence-corrected chi connectivity index (χ4v) is 0.856. The number of aliphatic carboxylic acids is 2. The predicted molar refractivity (Wildman–Crippen MR) is 97.0 cm³/mol. The monoisotopic (exact) mass is 458 g/mol. The van der Waals surface area contributed by atoms with Gasteiger partial charge in [-0.15, -0.1) is 0 Å². The summed E-state index contributed by atoms with van der Waals surface area (Å²) in [6.45, 7) is 10.9. The quantitative estimate of drug-likeness (QED) is 0.282. The Labute approximate surface area is 187 Å². The van der Waals surface area contributed by atoms with Crippen LogP contribution in [0.2, 0.25) is 0 Å². The number of Topliss-reactive ketones (excluding diaryl/α,β-unsaturated/α-hetero) is 2. The van der Waals surface area contributed by atoms with Crippen molar-refractivity contribution in [3.8, 4) is 0 Å². The maximum Gasteiger partial charge on any atom is 2.00 e. The van der Waals surface area contributed by atoms with Crippen molar-refractivity contribution in [2.24, 2.45) is 0 Å². The summed E-state index contributed by atoms with van der Waals surface area (Å²) in [7, 11) is 0. The molecule has 0 saturated carbocycles. The molecule has 0 aromatic rings. The second-order valence-corrected chi connectivity index (χ2v) is 5.64. The van der Waals surface area contributed by atoms with E-state index in [1.54, 1.807) is 41.5 Å². The molecule has 10 nitrogen and oxygen atoms in total. The van der Waals surface area contributed by atoms with E-state index < -0.39 is 36.3 Å². The molecule has 0 aromatic carbocycles. The Balaban J connectivity index is -0.0000000950. The number of hydrogen-bond donors (Lipinski definition) is 2. The number of ketones is 2. The van der Waals surface area contributed by atoms with Crippen LogP contribution >= 0.6 is 0 Å². The van der Waals surface area contributed by atoms with Crippen molar-refractivity contribution in [2.75, 3.05) is 26.4 Å². The van der Waals surface area contributed by atoms with E-state index in [0.29, 0.717) is 13.2 Å². The van der Waals surface area contributed by atoms with E-state index in [0.717, 1.165) is 0 Å². The molecular formula is C18H34O10Ti. The molecule has 29 heavy (non-hydrogen) atoms. The molecule has 0 amide bonds. The van der Waals surface area contributed by atoms with Gasteiger partial charge in [0.15, 0.2) is 11.6 Å². The van der Waals surface area contributed by atoms with E-state index in [2.05, 4.69) is 9.47 Å². The van der Waals surface area contributed by atoms with Gasteiger partial charge in [-0.3, -0.25) is 9.59 Å². The number of aliphatic hydroxyl groups excluding tert-OH is 2. The first kappa shape index (κ1) is 38.4. The van der Waals surface area contributed by atoms with Crippen molar-refractivity contribution >= 4 is 23.5 Å². The van der Waals surface area contributed by atoms with E-state index in [-0.39, 0.29) is 47.1 Å². The minimum absolute atomic E-state index is 0. The molecule has 0 spiro atoms. The first-order valence-electron chi connectivity index (χ1n) is 8.74. The molecule has 11 heteroatoms. The van der Waals surface area contributed by atoms with Crippen molar-refractivity contribution in [2.45, 2.75) is 66.6 Å². The van der Waals surface area contributed by atoms with E-state index >= 15 is 0 Å². The maximum absolute atomic E-state index is 10.5. The van der Waals surface area contributed by atoms with Gasteiger partial charge in [0.25, 0.3) is 0 Å². The summed E-state index contributed by atoms with van der Waals surface area (Å²) >= 11 is 0. The molecule has 0 heterocycles. The van der Waals surface area contributed by atoms with Gasteiger partial charge < -0.3 is 39.5 Å². The molecule has 0 fully saturated rings. The van der Waals surface area contributed by atoms with E-state index in [9.17, 15) is 29.4 Å². The van der Waals surface area contributed by atoms with Crippen LogP contribution in [0.1, 0.15) is 54.4 Å². The van der Waals surface area contributed by atoms with Gasteiger partial charge in [0.1, 0.15) is 13.2 Å². The first-order valence-corrected chi connectivity index (χ1v) is 8.74. The number of carbonyl (C=O) groups is 4. The molecule has 2 N–H and O–H groups in total. The van der Waals surface area contributed by atoms with Gasteiger partial charge in [-0.2, -0.15) is 0 Å². The van der Waals surface area contributed by atoms with Crippen LogP contribution in [0.3, 0.4) is 0 Å². The molecule has 170 valence electrons. The van der Waals surface area contributed by atoms with Gasteiger partial charge >= 0.3 is 21.7 Å². The minimum atomic E-state index is -1.36. The molecule has 0 aromatic heterocycles. The van der Waals surface area contributed by atoms with Crippen molar-refractivity contribution in [1.82, 2.24) is 0 Å². The van der Waals surface area contributed by atoms with Crippen LogP contribution in [0.4, 0.5) is 0 Å².